The van der Waals surface area contributed by atoms with Gasteiger partial charge in [0.15, 0.2) is 0 Å². The summed E-state index contributed by atoms with van der Waals surface area (Å²) in [5.74, 6) is 0. The summed E-state index contributed by atoms with van der Waals surface area (Å²) in [5.41, 5.74) is 11.5. The van der Waals surface area contributed by atoms with Gasteiger partial charge in [-0.1, -0.05) is 132 Å². The van der Waals surface area contributed by atoms with E-state index in [-0.39, 0.29) is 0 Å². The molecule has 38 heavy (non-hydrogen) atoms. The molecule has 0 amide bonds. The summed E-state index contributed by atoms with van der Waals surface area (Å²) in [5, 5.41) is 0. The lowest BCUT2D eigenvalue weighted by Crippen LogP contribution is -2.19. The van der Waals surface area contributed by atoms with Gasteiger partial charge in [-0.15, -0.1) is 0 Å². The van der Waals surface area contributed by atoms with Gasteiger partial charge in [0.05, 0.1) is 0 Å². The van der Waals surface area contributed by atoms with E-state index in [0.29, 0.717) is 5.41 Å². The van der Waals surface area contributed by atoms with Gasteiger partial charge in [0.2, 0.25) is 0 Å². The van der Waals surface area contributed by atoms with E-state index >= 15 is 0 Å². The summed E-state index contributed by atoms with van der Waals surface area (Å²) in [6.45, 7) is 18.0. The van der Waals surface area contributed by atoms with E-state index in [1.165, 1.54) is 78.4 Å². The summed E-state index contributed by atoms with van der Waals surface area (Å²) >= 11 is 0. The number of allylic oxidation sites excluding steroid dienone is 22. The van der Waals surface area contributed by atoms with Crippen LogP contribution in [0.1, 0.15) is 100 Å². The first-order chi connectivity index (χ1) is 18.1. The molecule has 2 aliphatic carbocycles. The predicted molar refractivity (Wildman–Crippen MR) is 172 cm³/mol. The lowest BCUT2D eigenvalue weighted by atomic mass is 9.72. The molecule has 0 aromatic heterocycles. The molecule has 0 heterocycles. The van der Waals surface area contributed by atoms with Gasteiger partial charge in [-0.05, 0) is 103 Å². The average Bonchev–Trinajstić information content (AvgIpc) is 2.85. The molecule has 0 spiro atoms. The average molecular weight is 509 g/mol. The van der Waals surface area contributed by atoms with Crippen molar-refractivity contribution in [2.75, 3.05) is 0 Å². The van der Waals surface area contributed by atoms with Gasteiger partial charge in [-0.2, -0.15) is 0 Å². The fraction of sp³-hybridized carbons (Fsp3) is 0.421. The normalized spacial score (nSPS) is 21.1. The highest BCUT2D eigenvalue weighted by Crippen LogP contribution is 2.40. The maximum atomic E-state index is 2.37. The third-order valence-electron chi connectivity index (χ3n) is 7.62. The molecule has 2 rings (SSSR count). The van der Waals surface area contributed by atoms with Crippen LogP contribution in [0.5, 0.6) is 0 Å². The molecule has 0 bridgehead atoms. The van der Waals surface area contributed by atoms with Crippen molar-refractivity contribution in [2.45, 2.75) is 100 Å². The molecule has 0 saturated carbocycles. The monoisotopic (exact) mass is 508 g/mol. The first-order valence-corrected chi connectivity index (χ1v) is 14.6. The molecule has 0 nitrogen and oxygen atoms in total. The zero-order valence-corrected chi connectivity index (χ0v) is 25.5. The highest BCUT2D eigenvalue weighted by atomic mass is 14.3. The standard InChI is InChI=1S/C38H52/c1-30(19-15-20-31(2)25-27-37-35(6)22-16-28-38(37,7)8)17-11-9-10-12-18-32(3)29-33(4)24-26-36-23-14-13-21-34(36)5/h9-12,15,17-20,24-27,29H,13-14,16,21-23,28H2,1-8H3/b11-9+,12-10+,19-15+,26-24+,27-25+,30-17+,31-20+,32-18+,33-29+. The minimum Gasteiger partial charge on any atom is -0.0701 e. The smallest absolute Gasteiger partial charge is 0.0104 e. The molecule has 0 aliphatic heterocycles. The summed E-state index contributed by atoms with van der Waals surface area (Å²) in [6.07, 6.45) is 39.6. The van der Waals surface area contributed by atoms with Gasteiger partial charge in [0.1, 0.15) is 0 Å². The third-order valence-corrected chi connectivity index (χ3v) is 7.62. The van der Waals surface area contributed by atoms with Crippen molar-refractivity contribution in [3.05, 3.63) is 130 Å². The number of rotatable bonds is 10. The zero-order valence-electron chi connectivity index (χ0n) is 25.5. The SMILES string of the molecule is CC1=C(/C=C/C(C)=C/C(C)=C/C=C/C=C/C=C(C)/C=C/C=C(C)/C=C/C2=C(C)CCCC2(C)C)CCCC1. The van der Waals surface area contributed by atoms with Crippen LogP contribution < -0.4 is 0 Å². The molecule has 0 aromatic rings. The first-order valence-electron chi connectivity index (χ1n) is 14.6. The van der Waals surface area contributed by atoms with Crippen molar-refractivity contribution in [1.82, 2.24) is 0 Å². The van der Waals surface area contributed by atoms with Crippen LogP contribution >= 0.6 is 0 Å². The van der Waals surface area contributed by atoms with E-state index in [0.717, 1.165) is 0 Å². The maximum Gasteiger partial charge on any atom is -0.0104 e. The van der Waals surface area contributed by atoms with E-state index in [1.54, 1.807) is 11.1 Å². The van der Waals surface area contributed by atoms with Crippen molar-refractivity contribution < 1.29 is 0 Å². The van der Waals surface area contributed by atoms with Gasteiger partial charge in [0.25, 0.3) is 0 Å². The molecule has 0 radical (unpaired) electrons. The molecule has 0 N–H and O–H groups in total. The Morgan fingerprint density at radius 2 is 1.16 bits per heavy atom. The quantitative estimate of drug-likeness (QED) is 0.257. The number of hydrogen-bond donors (Lipinski definition) is 0. The lowest BCUT2D eigenvalue weighted by Gasteiger charge is -2.32. The Morgan fingerprint density at radius 3 is 1.84 bits per heavy atom. The molecule has 0 fully saturated rings. The van der Waals surface area contributed by atoms with Gasteiger partial charge in [-0.25, -0.2) is 0 Å². The van der Waals surface area contributed by atoms with Crippen LogP contribution in [0.3, 0.4) is 0 Å². The molecule has 0 aromatic carbocycles. The predicted octanol–water partition coefficient (Wildman–Crippen LogP) is 12.0. The Morgan fingerprint density at radius 1 is 0.579 bits per heavy atom. The first kappa shape index (κ1) is 31.4. The Labute approximate surface area is 235 Å². The van der Waals surface area contributed by atoms with Crippen molar-refractivity contribution in [3.8, 4) is 0 Å². The van der Waals surface area contributed by atoms with Crippen LogP contribution in [-0.2, 0) is 0 Å². The summed E-state index contributed by atoms with van der Waals surface area (Å²) < 4.78 is 0. The second-order valence-corrected chi connectivity index (χ2v) is 11.9. The molecule has 0 unspecified atom stereocenters. The van der Waals surface area contributed by atoms with Crippen LogP contribution in [0.25, 0.3) is 0 Å². The minimum atomic E-state index is 0.294. The fourth-order valence-corrected chi connectivity index (χ4v) is 5.22. The zero-order chi connectivity index (χ0) is 28.0. The molecular weight excluding hydrogens is 456 g/mol. The van der Waals surface area contributed by atoms with Crippen molar-refractivity contribution in [3.63, 3.8) is 0 Å². The second kappa shape index (κ2) is 16.2. The fourth-order valence-electron chi connectivity index (χ4n) is 5.22. The van der Waals surface area contributed by atoms with E-state index < -0.39 is 0 Å². The Kier molecular flexibility index (Phi) is 13.4. The summed E-state index contributed by atoms with van der Waals surface area (Å²) in [6, 6.07) is 0. The van der Waals surface area contributed by atoms with Crippen molar-refractivity contribution in [2.24, 2.45) is 5.41 Å². The van der Waals surface area contributed by atoms with Crippen LogP contribution in [0.4, 0.5) is 0 Å². The highest BCUT2D eigenvalue weighted by Gasteiger charge is 2.26. The van der Waals surface area contributed by atoms with Crippen LogP contribution in [0.15, 0.2) is 130 Å². The Bertz CT molecular complexity index is 1140. The molecule has 0 heteroatoms. The van der Waals surface area contributed by atoms with Crippen LogP contribution in [-0.4, -0.2) is 0 Å². The van der Waals surface area contributed by atoms with E-state index in [1.807, 2.05) is 0 Å². The summed E-state index contributed by atoms with van der Waals surface area (Å²) in [4.78, 5) is 0. The lowest BCUT2D eigenvalue weighted by molar-refractivity contribution is 0.377. The van der Waals surface area contributed by atoms with Gasteiger partial charge >= 0.3 is 0 Å². The largest absolute Gasteiger partial charge is 0.0701 e. The van der Waals surface area contributed by atoms with Crippen LogP contribution in [0, 0.1) is 5.41 Å². The minimum absolute atomic E-state index is 0.294. The van der Waals surface area contributed by atoms with Crippen LogP contribution in [0.2, 0.25) is 0 Å². The molecule has 204 valence electrons. The van der Waals surface area contributed by atoms with Crippen molar-refractivity contribution in [1.29, 1.82) is 0 Å². The van der Waals surface area contributed by atoms with Crippen molar-refractivity contribution >= 4 is 0 Å². The van der Waals surface area contributed by atoms with E-state index in [9.17, 15) is 0 Å². The number of hydrogen-bond acceptors (Lipinski definition) is 0. The maximum absolute atomic E-state index is 2.37. The molecule has 0 saturated heterocycles. The second-order valence-electron chi connectivity index (χ2n) is 11.9. The topological polar surface area (TPSA) is 0 Å². The molecule has 2 aliphatic rings. The third kappa shape index (κ3) is 11.7. The van der Waals surface area contributed by atoms with Gasteiger partial charge < -0.3 is 0 Å². The Balaban J connectivity index is 1.85. The molecular formula is C38H52. The Hall–Kier alpha value is -2.86. The summed E-state index contributed by atoms with van der Waals surface area (Å²) in [7, 11) is 0. The molecule has 0 atom stereocenters. The van der Waals surface area contributed by atoms with E-state index in [2.05, 4.69) is 140 Å². The van der Waals surface area contributed by atoms with Gasteiger partial charge in [-0.3, -0.25) is 0 Å². The van der Waals surface area contributed by atoms with E-state index in [4.69, 9.17) is 0 Å². The van der Waals surface area contributed by atoms with Gasteiger partial charge in [0, 0.05) is 0 Å². The highest BCUT2D eigenvalue weighted by molar-refractivity contribution is 5.38.